The van der Waals surface area contributed by atoms with Crippen LogP contribution < -0.4 is 5.32 Å². The van der Waals surface area contributed by atoms with Gasteiger partial charge in [0.15, 0.2) is 0 Å². The predicted octanol–water partition coefficient (Wildman–Crippen LogP) is 2.76. The van der Waals surface area contributed by atoms with Crippen molar-refractivity contribution in [3.05, 3.63) is 33.5 Å². The van der Waals surface area contributed by atoms with Gasteiger partial charge in [-0.3, -0.25) is 4.79 Å². The van der Waals surface area contributed by atoms with Gasteiger partial charge >= 0.3 is 0 Å². The lowest BCUT2D eigenvalue weighted by atomic mass is 10.1. The van der Waals surface area contributed by atoms with E-state index >= 15 is 0 Å². The van der Waals surface area contributed by atoms with Crippen molar-refractivity contribution in [3.8, 4) is 0 Å². The van der Waals surface area contributed by atoms with Crippen molar-refractivity contribution in [2.45, 2.75) is 44.5 Å². The molecule has 7 heteroatoms. The average molecular weight is 497 g/mol. The van der Waals surface area contributed by atoms with Crippen molar-refractivity contribution in [1.29, 1.82) is 0 Å². The first-order valence-corrected chi connectivity index (χ1v) is 11.1. The smallest absolute Gasteiger partial charge is 0.253 e. The second-order valence-corrected chi connectivity index (χ2v) is 8.79. The molecule has 28 heavy (non-hydrogen) atoms. The van der Waals surface area contributed by atoms with Crippen LogP contribution in [-0.4, -0.2) is 60.9 Å². The van der Waals surface area contributed by atoms with Gasteiger partial charge in [-0.05, 0) is 53.5 Å². The Morgan fingerprint density at radius 2 is 2.29 bits per heavy atom. The number of morpholine rings is 1. The molecule has 1 aliphatic heterocycles. The van der Waals surface area contributed by atoms with Gasteiger partial charge in [0, 0.05) is 66.6 Å². The summed E-state index contributed by atoms with van der Waals surface area (Å²) in [7, 11) is 1.74. The lowest BCUT2D eigenvalue weighted by Crippen LogP contribution is -2.49. The Morgan fingerprint density at radius 1 is 1.43 bits per heavy atom. The van der Waals surface area contributed by atoms with Crippen molar-refractivity contribution >= 4 is 39.4 Å². The maximum Gasteiger partial charge on any atom is 0.253 e. The van der Waals surface area contributed by atoms with Crippen LogP contribution in [0.2, 0.25) is 0 Å². The van der Waals surface area contributed by atoms with E-state index in [0.29, 0.717) is 25.7 Å². The molecule has 1 amide bonds. The molecule has 1 aromatic carbocycles. The Labute approximate surface area is 179 Å². The monoisotopic (exact) mass is 497 g/mol. The Morgan fingerprint density at radius 3 is 3.00 bits per heavy atom. The summed E-state index contributed by atoms with van der Waals surface area (Å²) in [4.78, 5) is 15.1. The van der Waals surface area contributed by atoms with E-state index in [-0.39, 0.29) is 12.0 Å². The number of halogens is 1. The quantitative estimate of drug-likeness (QED) is 0.451. The minimum atomic E-state index is -0.350. The molecule has 1 atom stereocenters. The number of ether oxygens (including phenoxy) is 2. The summed E-state index contributed by atoms with van der Waals surface area (Å²) in [6.45, 7) is 4.39. The highest BCUT2D eigenvalue weighted by atomic mass is 127. The van der Waals surface area contributed by atoms with Crippen LogP contribution in [0.15, 0.2) is 24.4 Å². The summed E-state index contributed by atoms with van der Waals surface area (Å²) in [5, 5.41) is 4.53. The third-order valence-corrected chi connectivity index (χ3v) is 6.33. The Hall–Kier alpha value is -1.16. The molecule has 1 aliphatic carbocycles. The fraction of sp³-hybridized carbons (Fsp3) is 0.571. The maximum absolute atomic E-state index is 13.0. The SMILES string of the molecule is COCCCn1cc(I)c2ccc(CN(C(=O)[C@H]3CNCCO3)C3CC3)cc21. The third-order valence-electron chi connectivity index (χ3n) is 5.47. The van der Waals surface area contributed by atoms with E-state index in [1.54, 1.807) is 7.11 Å². The summed E-state index contributed by atoms with van der Waals surface area (Å²) in [6, 6.07) is 6.95. The number of hydrogen-bond donors (Lipinski definition) is 1. The van der Waals surface area contributed by atoms with E-state index in [1.165, 1.54) is 20.0 Å². The number of methoxy groups -OCH3 is 1. The lowest BCUT2D eigenvalue weighted by molar-refractivity contribution is -0.146. The molecular weight excluding hydrogens is 469 g/mol. The molecule has 1 aromatic heterocycles. The number of fused-ring (bicyclic) bond motifs is 1. The van der Waals surface area contributed by atoms with E-state index in [0.717, 1.165) is 39.0 Å². The highest BCUT2D eigenvalue weighted by molar-refractivity contribution is 14.1. The molecule has 2 aromatic rings. The van der Waals surface area contributed by atoms with Gasteiger partial charge in [0.2, 0.25) is 0 Å². The summed E-state index contributed by atoms with van der Waals surface area (Å²) in [6.07, 6.45) is 5.03. The highest BCUT2D eigenvalue weighted by Gasteiger charge is 2.36. The Balaban J connectivity index is 1.53. The third kappa shape index (κ3) is 4.53. The topological polar surface area (TPSA) is 55.7 Å². The van der Waals surface area contributed by atoms with Crippen LogP contribution in [-0.2, 0) is 27.4 Å². The first-order chi connectivity index (χ1) is 13.7. The molecule has 1 saturated heterocycles. The summed E-state index contributed by atoms with van der Waals surface area (Å²) >= 11 is 2.40. The standard InChI is InChI=1S/C21H28IN3O3/c1-27-9-2-8-24-14-18(22)17-6-3-15(11-19(17)24)13-25(16-4-5-16)21(26)20-12-23-7-10-28-20/h3,6,11,14,16,20,23H,2,4-5,7-10,12-13H2,1H3/t20-/m1/s1. The van der Waals surface area contributed by atoms with E-state index in [4.69, 9.17) is 9.47 Å². The molecule has 2 fully saturated rings. The van der Waals surface area contributed by atoms with Crippen LogP contribution in [0.5, 0.6) is 0 Å². The number of aryl methyl sites for hydroxylation is 1. The highest BCUT2D eigenvalue weighted by Crippen LogP contribution is 2.31. The second-order valence-electron chi connectivity index (χ2n) is 7.63. The molecule has 0 unspecified atom stereocenters. The summed E-state index contributed by atoms with van der Waals surface area (Å²) in [5.74, 6) is 0.125. The van der Waals surface area contributed by atoms with E-state index in [1.807, 2.05) is 4.90 Å². The van der Waals surface area contributed by atoms with Crippen LogP contribution in [0.3, 0.4) is 0 Å². The van der Waals surface area contributed by atoms with Crippen LogP contribution in [0.1, 0.15) is 24.8 Å². The molecule has 4 rings (SSSR count). The second kappa shape index (κ2) is 9.11. The van der Waals surface area contributed by atoms with Gasteiger partial charge < -0.3 is 24.3 Å². The van der Waals surface area contributed by atoms with Crippen molar-refractivity contribution < 1.29 is 14.3 Å². The summed E-state index contributed by atoms with van der Waals surface area (Å²) in [5.41, 5.74) is 2.41. The first kappa shape index (κ1) is 20.1. The Bertz CT molecular complexity index is 828. The fourth-order valence-electron chi connectivity index (χ4n) is 3.83. The molecule has 1 N–H and O–H groups in total. The normalized spacial score (nSPS) is 19.9. The minimum absolute atomic E-state index is 0.125. The molecule has 6 nitrogen and oxygen atoms in total. The molecule has 0 spiro atoms. The van der Waals surface area contributed by atoms with E-state index < -0.39 is 0 Å². The zero-order valence-corrected chi connectivity index (χ0v) is 18.5. The van der Waals surface area contributed by atoms with Crippen molar-refractivity contribution in [3.63, 3.8) is 0 Å². The van der Waals surface area contributed by atoms with E-state index in [9.17, 15) is 4.79 Å². The zero-order chi connectivity index (χ0) is 19.5. The van der Waals surface area contributed by atoms with Crippen LogP contribution in [0.25, 0.3) is 10.9 Å². The van der Waals surface area contributed by atoms with Gasteiger partial charge in [0.1, 0.15) is 6.10 Å². The zero-order valence-electron chi connectivity index (χ0n) is 16.3. The molecule has 2 aliphatic rings. The van der Waals surface area contributed by atoms with Crippen molar-refractivity contribution in [2.75, 3.05) is 33.4 Å². The number of nitrogens with one attached hydrogen (secondary N) is 1. The molecule has 1 saturated carbocycles. The van der Waals surface area contributed by atoms with Gasteiger partial charge in [-0.1, -0.05) is 12.1 Å². The van der Waals surface area contributed by atoms with Crippen LogP contribution in [0, 0.1) is 3.57 Å². The van der Waals surface area contributed by atoms with Gasteiger partial charge in [-0.2, -0.15) is 0 Å². The number of benzene rings is 1. The van der Waals surface area contributed by atoms with Gasteiger partial charge in [-0.25, -0.2) is 0 Å². The molecule has 2 heterocycles. The number of carbonyl (C=O) groups excluding carboxylic acids is 1. The number of aromatic nitrogens is 1. The number of rotatable bonds is 8. The Kier molecular flexibility index (Phi) is 6.55. The number of nitrogens with zero attached hydrogens (tertiary/aromatic N) is 2. The molecular formula is C21H28IN3O3. The minimum Gasteiger partial charge on any atom is -0.385 e. The number of hydrogen-bond acceptors (Lipinski definition) is 4. The van der Waals surface area contributed by atoms with Gasteiger partial charge in [0.25, 0.3) is 5.91 Å². The molecule has 152 valence electrons. The van der Waals surface area contributed by atoms with Crippen molar-refractivity contribution in [1.82, 2.24) is 14.8 Å². The number of carbonyl (C=O) groups is 1. The summed E-state index contributed by atoms with van der Waals surface area (Å²) < 4.78 is 14.5. The van der Waals surface area contributed by atoms with Gasteiger partial charge in [-0.15, -0.1) is 0 Å². The van der Waals surface area contributed by atoms with Crippen LogP contribution >= 0.6 is 22.6 Å². The maximum atomic E-state index is 13.0. The number of amides is 1. The fourth-order valence-corrected chi connectivity index (χ4v) is 4.63. The largest absolute Gasteiger partial charge is 0.385 e. The van der Waals surface area contributed by atoms with Crippen LogP contribution in [0.4, 0.5) is 0 Å². The molecule has 0 bridgehead atoms. The molecule has 0 radical (unpaired) electrons. The first-order valence-electron chi connectivity index (χ1n) is 10.1. The van der Waals surface area contributed by atoms with Gasteiger partial charge in [0.05, 0.1) is 6.61 Å². The van der Waals surface area contributed by atoms with Crippen molar-refractivity contribution in [2.24, 2.45) is 0 Å². The average Bonchev–Trinajstić information content (AvgIpc) is 3.52. The lowest BCUT2D eigenvalue weighted by Gasteiger charge is -2.30. The predicted molar refractivity (Wildman–Crippen MR) is 117 cm³/mol. The van der Waals surface area contributed by atoms with E-state index in [2.05, 4.69) is 56.9 Å².